The summed E-state index contributed by atoms with van der Waals surface area (Å²) in [6.07, 6.45) is 7.60. The van der Waals surface area contributed by atoms with Crippen LogP contribution in [0.2, 0.25) is 0 Å². The van der Waals surface area contributed by atoms with Gasteiger partial charge in [-0.2, -0.15) is 0 Å². The van der Waals surface area contributed by atoms with E-state index in [2.05, 4.69) is 34.6 Å². The van der Waals surface area contributed by atoms with Crippen LogP contribution in [0.15, 0.2) is 0 Å². The Labute approximate surface area is 205 Å². The Hall–Kier alpha value is -1.10. The number of ether oxygens (including phenoxy) is 2. The Morgan fingerprint density at radius 1 is 1.06 bits per heavy atom. The molecular weight excluding hydrogens is 428 g/mol. The standard InChI is InChI=1S/C29H46O5/c1-8-26(4)11-9-12-27(5)19(26)10-13-28(6)20(27)15-22(34-17(3)30)29(7)21(28)14-18(31)23-16(2)33-25(32)24(23)29/h16,18-24,31H,8-15H2,1-7H3/t16-,18-,19-,20+,21-,22-,23+,24+,26-,27-,28+,29+/m0/s1. The van der Waals surface area contributed by atoms with Gasteiger partial charge in [0.15, 0.2) is 0 Å². The lowest BCUT2D eigenvalue weighted by atomic mass is 9.33. The van der Waals surface area contributed by atoms with E-state index in [-0.39, 0.29) is 46.8 Å². The molecular formula is C29H46O5. The first-order valence-corrected chi connectivity index (χ1v) is 13.9. The van der Waals surface area contributed by atoms with Gasteiger partial charge in [0.25, 0.3) is 0 Å². The Balaban J connectivity index is 1.63. The average Bonchev–Trinajstić information content (AvgIpc) is 3.06. The van der Waals surface area contributed by atoms with Crippen LogP contribution in [0.5, 0.6) is 0 Å². The molecule has 0 aromatic rings. The van der Waals surface area contributed by atoms with E-state index in [1.807, 2.05) is 6.92 Å². The zero-order chi connectivity index (χ0) is 24.8. The number of hydrogen-bond donors (Lipinski definition) is 1. The molecule has 5 nitrogen and oxygen atoms in total. The van der Waals surface area contributed by atoms with Crippen molar-refractivity contribution in [1.82, 2.24) is 0 Å². The highest BCUT2D eigenvalue weighted by molar-refractivity contribution is 5.77. The lowest BCUT2D eigenvalue weighted by molar-refractivity contribution is -0.263. The molecule has 0 unspecified atom stereocenters. The summed E-state index contributed by atoms with van der Waals surface area (Å²) in [4.78, 5) is 25.7. The van der Waals surface area contributed by atoms with Crippen LogP contribution in [-0.2, 0) is 19.1 Å². The Bertz CT molecular complexity index is 871. The highest BCUT2D eigenvalue weighted by atomic mass is 16.6. The van der Waals surface area contributed by atoms with Gasteiger partial charge in [0.05, 0.1) is 12.0 Å². The fourth-order valence-corrected chi connectivity index (χ4v) is 11.0. The molecule has 0 bridgehead atoms. The van der Waals surface area contributed by atoms with Gasteiger partial charge in [-0.1, -0.05) is 47.5 Å². The molecule has 12 atom stereocenters. The van der Waals surface area contributed by atoms with Crippen LogP contribution in [0.3, 0.4) is 0 Å². The lowest BCUT2D eigenvalue weighted by Crippen LogP contribution is -2.69. The maximum absolute atomic E-state index is 13.3. The van der Waals surface area contributed by atoms with Gasteiger partial charge in [0.1, 0.15) is 12.2 Å². The number of esters is 2. The van der Waals surface area contributed by atoms with Crippen molar-refractivity contribution < 1.29 is 24.2 Å². The summed E-state index contributed by atoms with van der Waals surface area (Å²) in [5, 5.41) is 11.4. The SMILES string of the molecule is CC[C@@]1(C)CCC[C@]2(C)[C@H]3C[C@H](OC(C)=O)[C@]4(C)[C@H]5C(=O)O[C@@H](C)[C@@H]5[C@@H](O)C[C@H]4[C@]3(C)CC[C@@H]12. The summed E-state index contributed by atoms with van der Waals surface area (Å²) >= 11 is 0. The highest BCUT2D eigenvalue weighted by Crippen LogP contribution is 2.74. The summed E-state index contributed by atoms with van der Waals surface area (Å²) in [5.41, 5.74) is 0.0180. The van der Waals surface area contributed by atoms with Crippen molar-refractivity contribution in [2.45, 2.75) is 118 Å². The Morgan fingerprint density at radius 3 is 2.38 bits per heavy atom. The second-order valence-electron chi connectivity index (χ2n) is 13.8. The Morgan fingerprint density at radius 2 is 1.74 bits per heavy atom. The molecule has 0 radical (unpaired) electrons. The summed E-state index contributed by atoms with van der Waals surface area (Å²) in [7, 11) is 0. The van der Waals surface area contributed by atoms with Crippen LogP contribution in [0.1, 0.15) is 99.8 Å². The number of rotatable bonds is 2. The highest BCUT2D eigenvalue weighted by Gasteiger charge is 2.73. The van der Waals surface area contributed by atoms with E-state index in [0.717, 1.165) is 12.8 Å². The topological polar surface area (TPSA) is 72.8 Å². The number of fused-ring (bicyclic) bond motifs is 7. The molecule has 34 heavy (non-hydrogen) atoms. The molecule has 1 saturated heterocycles. The molecule has 4 aliphatic carbocycles. The first-order valence-electron chi connectivity index (χ1n) is 13.9. The fourth-order valence-electron chi connectivity index (χ4n) is 11.0. The van der Waals surface area contributed by atoms with Crippen LogP contribution in [-0.4, -0.2) is 35.4 Å². The average molecular weight is 475 g/mol. The summed E-state index contributed by atoms with van der Waals surface area (Å²) in [6, 6.07) is 0. The van der Waals surface area contributed by atoms with Crippen molar-refractivity contribution >= 4 is 11.9 Å². The van der Waals surface area contributed by atoms with Crippen LogP contribution in [0.4, 0.5) is 0 Å². The van der Waals surface area contributed by atoms with Crippen LogP contribution in [0, 0.1) is 51.2 Å². The zero-order valence-electron chi connectivity index (χ0n) is 22.4. The lowest BCUT2D eigenvalue weighted by Gasteiger charge is -2.71. The smallest absolute Gasteiger partial charge is 0.310 e. The van der Waals surface area contributed by atoms with Crippen molar-refractivity contribution in [3.05, 3.63) is 0 Å². The van der Waals surface area contributed by atoms with E-state index in [9.17, 15) is 14.7 Å². The van der Waals surface area contributed by atoms with E-state index in [0.29, 0.717) is 23.7 Å². The first kappa shape index (κ1) is 24.6. The summed E-state index contributed by atoms with van der Waals surface area (Å²) < 4.78 is 11.9. The number of hydrogen-bond acceptors (Lipinski definition) is 5. The molecule has 1 heterocycles. The molecule has 5 rings (SSSR count). The van der Waals surface area contributed by atoms with E-state index in [4.69, 9.17) is 9.47 Å². The third kappa shape index (κ3) is 3.00. The molecule has 0 aromatic carbocycles. The van der Waals surface area contributed by atoms with Gasteiger partial charge in [-0.3, -0.25) is 9.59 Å². The van der Waals surface area contributed by atoms with Crippen molar-refractivity contribution in [2.75, 3.05) is 0 Å². The van der Waals surface area contributed by atoms with Gasteiger partial charge < -0.3 is 14.6 Å². The van der Waals surface area contributed by atoms with E-state index < -0.39 is 17.4 Å². The van der Waals surface area contributed by atoms with Crippen molar-refractivity contribution in [2.24, 2.45) is 51.2 Å². The van der Waals surface area contributed by atoms with Crippen LogP contribution >= 0.6 is 0 Å². The maximum Gasteiger partial charge on any atom is 0.310 e. The first-order chi connectivity index (χ1) is 15.8. The number of aliphatic hydroxyl groups is 1. The van der Waals surface area contributed by atoms with Crippen LogP contribution in [0.25, 0.3) is 0 Å². The van der Waals surface area contributed by atoms with E-state index in [1.165, 1.54) is 39.0 Å². The second-order valence-corrected chi connectivity index (χ2v) is 13.8. The van der Waals surface area contributed by atoms with Crippen molar-refractivity contribution in [1.29, 1.82) is 0 Å². The van der Waals surface area contributed by atoms with Crippen molar-refractivity contribution in [3.8, 4) is 0 Å². The largest absolute Gasteiger partial charge is 0.462 e. The van der Waals surface area contributed by atoms with E-state index >= 15 is 0 Å². The second kappa shape index (κ2) is 7.70. The molecule has 5 aliphatic rings. The monoisotopic (exact) mass is 474 g/mol. The molecule has 1 aliphatic heterocycles. The van der Waals surface area contributed by atoms with E-state index in [1.54, 1.807) is 0 Å². The molecule has 0 spiro atoms. The maximum atomic E-state index is 13.3. The predicted octanol–water partition coefficient (Wildman–Crippen LogP) is 5.53. The molecule has 0 aromatic heterocycles. The summed E-state index contributed by atoms with van der Waals surface area (Å²) in [5.74, 6) is 0.0648. The van der Waals surface area contributed by atoms with Gasteiger partial charge >= 0.3 is 11.9 Å². The number of carbonyl (C=O) groups excluding carboxylic acids is 2. The van der Waals surface area contributed by atoms with Crippen molar-refractivity contribution in [3.63, 3.8) is 0 Å². The molecule has 4 saturated carbocycles. The third-order valence-corrected chi connectivity index (χ3v) is 12.5. The van der Waals surface area contributed by atoms with Gasteiger partial charge in [-0.05, 0) is 79.4 Å². The fraction of sp³-hybridized carbons (Fsp3) is 0.931. The predicted molar refractivity (Wildman–Crippen MR) is 130 cm³/mol. The minimum atomic E-state index is -0.559. The van der Waals surface area contributed by atoms with Gasteiger partial charge in [0.2, 0.25) is 0 Å². The van der Waals surface area contributed by atoms with Crippen LogP contribution < -0.4 is 0 Å². The van der Waals surface area contributed by atoms with Gasteiger partial charge in [0, 0.05) is 18.3 Å². The number of aliphatic hydroxyl groups excluding tert-OH is 1. The molecule has 192 valence electrons. The normalized spacial score (nSPS) is 56.4. The molecule has 1 N–H and O–H groups in total. The summed E-state index contributed by atoms with van der Waals surface area (Å²) in [6.45, 7) is 15.4. The minimum absolute atomic E-state index is 0.000693. The third-order valence-electron chi connectivity index (χ3n) is 12.5. The molecule has 0 amide bonds. The number of cyclic esters (lactones) is 1. The molecule has 5 heteroatoms. The van der Waals surface area contributed by atoms with Gasteiger partial charge in [-0.15, -0.1) is 0 Å². The number of carbonyl (C=O) groups is 2. The minimum Gasteiger partial charge on any atom is -0.462 e. The van der Waals surface area contributed by atoms with Gasteiger partial charge in [-0.25, -0.2) is 0 Å². The quantitative estimate of drug-likeness (QED) is 0.533. The Kier molecular flexibility index (Phi) is 5.57. The molecule has 5 fully saturated rings. The zero-order valence-corrected chi connectivity index (χ0v) is 22.4.